The normalized spacial score (nSPS) is 11.9. The molecule has 0 aliphatic heterocycles. The summed E-state index contributed by atoms with van der Waals surface area (Å²) in [5.74, 6) is 0.272. The molecule has 0 aromatic heterocycles. The predicted octanol–water partition coefficient (Wildman–Crippen LogP) is 1.58. The summed E-state index contributed by atoms with van der Waals surface area (Å²) in [6.07, 6.45) is 0. The van der Waals surface area contributed by atoms with Gasteiger partial charge in [-0.15, -0.1) is 0 Å². The highest BCUT2D eigenvalue weighted by Crippen LogP contribution is 2.16. The highest BCUT2D eigenvalue weighted by atomic mass is 16.5. The van der Waals surface area contributed by atoms with Crippen LogP contribution in [0.25, 0.3) is 0 Å². The molecular weight excluding hydrogens is 178 g/mol. The second-order valence-electron chi connectivity index (χ2n) is 3.00. The van der Waals surface area contributed by atoms with Crippen LogP contribution < -0.4 is 10.1 Å². The van der Waals surface area contributed by atoms with Crippen molar-refractivity contribution in [1.29, 1.82) is 0 Å². The van der Waals surface area contributed by atoms with E-state index in [1.54, 1.807) is 7.11 Å². The predicted molar refractivity (Wildman–Crippen MR) is 53.9 cm³/mol. The van der Waals surface area contributed by atoms with E-state index in [0.29, 0.717) is 0 Å². The standard InChI is InChI=1S/C11H13NO2/c1-8(12-9(2)13)10-4-6-11(14-3)7-5-10/h2,4-8H,1,3H3,(H,12,13). The lowest BCUT2D eigenvalue weighted by molar-refractivity contribution is -0.117. The van der Waals surface area contributed by atoms with Gasteiger partial charge >= 0.3 is 0 Å². The Morgan fingerprint density at radius 2 is 2.00 bits per heavy atom. The van der Waals surface area contributed by atoms with Crippen molar-refractivity contribution < 1.29 is 9.53 Å². The van der Waals surface area contributed by atoms with E-state index in [9.17, 15) is 4.79 Å². The van der Waals surface area contributed by atoms with Crippen molar-refractivity contribution in [3.8, 4) is 5.75 Å². The number of nitrogens with one attached hydrogen (secondary N) is 1. The third-order valence-corrected chi connectivity index (χ3v) is 1.97. The van der Waals surface area contributed by atoms with Crippen LogP contribution in [0.3, 0.4) is 0 Å². The van der Waals surface area contributed by atoms with Gasteiger partial charge in [0.25, 0.3) is 0 Å². The Bertz CT molecular complexity index is 306. The van der Waals surface area contributed by atoms with E-state index in [2.05, 4.69) is 5.32 Å². The molecule has 0 saturated heterocycles. The van der Waals surface area contributed by atoms with Crippen LogP contribution in [-0.4, -0.2) is 13.0 Å². The minimum absolute atomic E-state index is 0.0848. The van der Waals surface area contributed by atoms with Crippen LogP contribution in [0.15, 0.2) is 24.3 Å². The molecule has 1 atom stereocenters. The van der Waals surface area contributed by atoms with E-state index in [-0.39, 0.29) is 6.04 Å². The molecule has 3 nitrogen and oxygen atoms in total. The Morgan fingerprint density at radius 3 is 2.43 bits per heavy atom. The molecular formula is C11H13NO2. The van der Waals surface area contributed by atoms with Crippen molar-refractivity contribution >= 4 is 5.91 Å². The third kappa shape index (κ3) is 2.76. The molecule has 14 heavy (non-hydrogen) atoms. The van der Waals surface area contributed by atoms with Gasteiger partial charge in [0.2, 0.25) is 5.91 Å². The molecule has 1 aromatic rings. The first kappa shape index (κ1) is 10.6. The molecule has 0 heterocycles. The lowest BCUT2D eigenvalue weighted by Crippen LogP contribution is -2.23. The molecule has 1 aromatic carbocycles. The maximum atomic E-state index is 10.6. The van der Waals surface area contributed by atoms with Crippen LogP contribution in [-0.2, 0) is 4.79 Å². The number of hydrogen-bond acceptors (Lipinski definition) is 2. The van der Waals surface area contributed by atoms with Crippen LogP contribution in [0.5, 0.6) is 5.75 Å². The number of amides is 1. The summed E-state index contributed by atoms with van der Waals surface area (Å²) in [7, 11) is 1.61. The van der Waals surface area contributed by atoms with Crippen LogP contribution in [0.1, 0.15) is 18.5 Å². The van der Waals surface area contributed by atoms with Gasteiger partial charge in [-0.25, -0.2) is 0 Å². The van der Waals surface area contributed by atoms with Crippen LogP contribution >= 0.6 is 0 Å². The molecule has 1 amide bonds. The van der Waals surface area contributed by atoms with Gasteiger partial charge in [0.05, 0.1) is 20.1 Å². The Morgan fingerprint density at radius 1 is 1.43 bits per heavy atom. The molecule has 0 aliphatic carbocycles. The number of rotatable bonds is 3. The molecule has 1 rings (SSSR count). The average Bonchev–Trinajstić information content (AvgIpc) is 2.17. The van der Waals surface area contributed by atoms with Crippen molar-refractivity contribution in [2.24, 2.45) is 0 Å². The highest BCUT2D eigenvalue weighted by Gasteiger charge is 2.05. The first-order valence-electron chi connectivity index (χ1n) is 4.33. The first-order valence-corrected chi connectivity index (χ1v) is 4.33. The van der Waals surface area contributed by atoms with Crippen molar-refractivity contribution in [1.82, 2.24) is 5.32 Å². The molecule has 1 N–H and O–H groups in total. The van der Waals surface area contributed by atoms with Crippen LogP contribution in [0.4, 0.5) is 0 Å². The maximum absolute atomic E-state index is 10.6. The molecule has 2 radical (unpaired) electrons. The summed E-state index contributed by atoms with van der Waals surface area (Å²) in [4.78, 5) is 10.6. The fraction of sp³-hybridized carbons (Fsp3) is 0.273. The Kier molecular flexibility index (Phi) is 3.51. The number of carbonyl (C=O) groups is 1. The monoisotopic (exact) mass is 191 g/mol. The Labute approximate surface area is 84.1 Å². The lowest BCUT2D eigenvalue weighted by Gasteiger charge is -2.12. The zero-order chi connectivity index (χ0) is 10.6. The third-order valence-electron chi connectivity index (χ3n) is 1.97. The van der Waals surface area contributed by atoms with Crippen molar-refractivity contribution in [3.63, 3.8) is 0 Å². The largest absolute Gasteiger partial charge is 0.497 e. The molecule has 1 unspecified atom stereocenters. The number of carbonyl (C=O) groups excluding carboxylic acids is 1. The second kappa shape index (κ2) is 4.65. The lowest BCUT2D eigenvalue weighted by atomic mass is 10.1. The van der Waals surface area contributed by atoms with E-state index in [4.69, 9.17) is 11.7 Å². The number of hydrogen-bond donors (Lipinski definition) is 1. The van der Waals surface area contributed by atoms with Gasteiger partial charge in [0, 0.05) is 0 Å². The van der Waals surface area contributed by atoms with Gasteiger partial charge in [-0.2, -0.15) is 0 Å². The van der Waals surface area contributed by atoms with Gasteiger partial charge in [0.1, 0.15) is 5.75 Å². The first-order chi connectivity index (χ1) is 6.63. The quantitative estimate of drug-likeness (QED) is 0.787. The zero-order valence-corrected chi connectivity index (χ0v) is 8.28. The van der Waals surface area contributed by atoms with Crippen LogP contribution in [0, 0.1) is 6.92 Å². The zero-order valence-electron chi connectivity index (χ0n) is 8.28. The van der Waals surface area contributed by atoms with Crippen molar-refractivity contribution in [2.45, 2.75) is 13.0 Å². The van der Waals surface area contributed by atoms with Crippen LogP contribution in [0.2, 0.25) is 0 Å². The van der Waals surface area contributed by atoms with E-state index in [0.717, 1.165) is 11.3 Å². The highest BCUT2D eigenvalue weighted by molar-refractivity contribution is 5.80. The maximum Gasteiger partial charge on any atom is 0.225 e. The molecule has 0 aliphatic rings. The molecule has 0 spiro atoms. The summed E-state index contributed by atoms with van der Waals surface area (Å²) in [5.41, 5.74) is 0.990. The van der Waals surface area contributed by atoms with Gasteiger partial charge in [0.15, 0.2) is 0 Å². The van der Waals surface area contributed by atoms with Gasteiger partial charge < -0.3 is 10.1 Å². The summed E-state index contributed by atoms with van der Waals surface area (Å²) in [6, 6.07) is 7.38. The SMILES string of the molecule is [CH]C(=O)NC(C)c1ccc(OC)cc1. The minimum atomic E-state index is -0.520. The topological polar surface area (TPSA) is 38.3 Å². The molecule has 0 saturated carbocycles. The number of ether oxygens (including phenoxy) is 1. The Balaban J connectivity index is 2.71. The Hall–Kier alpha value is -1.51. The summed E-state index contributed by atoms with van der Waals surface area (Å²) in [5, 5.41) is 2.59. The molecule has 0 fully saturated rings. The summed E-state index contributed by atoms with van der Waals surface area (Å²) < 4.78 is 5.02. The average molecular weight is 191 g/mol. The fourth-order valence-electron chi connectivity index (χ4n) is 1.19. The van der Waals surface area contributed by atoms with E-state index in [1.165, 1.54) is 0 Å². The van der Waals surface area contributed by atoms with Gasteiger partial charge in [-0.05, 0) is 24.6 Å². The minimum Gasteiger partial charge on any atom is -0.497 e. The van der Waals surface area contributed by atoms with E-state index >= 15 is 0 Å². The molecule has 3 heteroatoms. The molecule has 74 valence electrons. The van der Waals surface area contributed by atoms with Crippen molar-refractivity contribution in [2.75, 3.05) is 7.11 Å². The fourth-order valence-corrected chi connectivity index (χ4v) is 1.19. The van der Waals surface area contributed by atoms with E-state index < -0.39 is 5.91 Å². The number of benzene rings is 1. The van der Waals surface area contributed by atoms with Gasteiger partial charge in [-0.3, -0.25) is 4.79 Å². The smallest absolute Gasteiger partial charge is 0.225 e. The van der Waals surface area contributed by atoms with Crippen molar-refractivity contribution in [3.05, 3.63) is 36.8 Å². The van der Waals surface area contributed by atoms with E-state index in [1.807, 2.05) is 31.2 Å². The summed E-state index contributed by atoms with van der Waals surface area (Å²) >= 11 is 0. The number of methoxy groups -OCH3 is 1. The van der Waals surface area contributed by atoms with Gasteiger partial charge in [-0.1, -0.05) is 12.1 Å². The second-order valence-corrected chi connectivity index (χ2v) is 3.00. The summed E-state index contributed by atoms with van der Waals surface area (Å²) in [6.45, 7) is 6.88. The molecule has 0 bridgehead atoms.